The van der Waals surface area contributed by atoms with Gasteiger partial charge in [0.05, 0.1) is 0 Å². The SMILES string of the molecule is c1ccc(-c2nc(-c3ccc4sc5c(-c6cccc7c6oc6ccccc67)cccc5c4c3)nc(-c3cccc4sc5ccccc5c34)n2)cc1. The number of hydrogen-bond acceptors (Lipinski definition) is 6. The standard InChI is InChI=1S/C45H25N3OS2/c1-2-11-26(12-3-1)43-46-44(48-45(47-43)34-19-10-22-39-40(34)33-14-5-7-21-37(33)50-39)27-23-24-38-35(25-27)32-18-9-17-31(42(32)51-38)30-16-8-15-29-28-13-4-6-20-36(28)49-41(29)30/h1-25H. The van der Waals surface area contributed by atoms with Crippen molar-refractivity contribution < 1.29 is 4.42 Å². The molecule has 0 spiro atoms. The predicted molar refractivity (Wildman–Crippen MR) is 215 cm³/mol. The molecular weight excluding hydrogens is 663 g/mol. The van der Waals surface area contributed by atoms with E-state index < -0.39 is 0 Å². The zero-order valence-electron chi connectivity index (χ0n) is 27.0. The Morgan fingerprint density at radius 1 is 0.392 bits per heavy atom. The van der Waals surface area contributed by atoms with Crippen LogP contribution >= 0.6 is 22.7 Å². The molecule has 0 bridgehead atoms. The van der Waals surface area contributed by atoms with Crippen molar-refractivity contribution in [2.75, 3.05) is 0 Å². The van der Waals surface area contributed by atoms with E-state index in [9.17, 15) is 0 Å². The average molecular weight is 688 g/mol. The van der Waals surface area contributed by atoms with E-state index in [0.717, 1.165) is 44.2 Å². The molecule has 0 aliphatic carbocycles. The van der Waals surface area contributed by atoms with Gasteiger partial charge in [-0.05, 0) is 36.4 Å². The molecule has 7 aromatic carbocycles. The molecule has 4 aromatic heterocycles. The lowest BCUT2D eigenvalue weighted by atomic mass is 10.00. The first-order valence-corrected chi connectivity index (χ1v) is 18.5. The van der Waals surface area contributed by atoms with Crippen LogP contribution in [0.5, 0.6) is 0 Å². The number of aromatic nitrogens is 3. The highest BCUT2D eigenvalue weighted by Gasteiger charge is 2.19. The first-order chi connectivity index (χ1) is 25.3. The zero-order chi connectivity index (χ0) is 33.5. The van der Waals surface area contributed by atoms with Crippen LogP contribution in [0.2, 0.25) is 0 Å². The molecule has 6 heteroatoms. The highest BCUT2D eigenvalue weighted by atomic mass is 32.1. The number of thiophene rings is 2. The summed E-state index contributed by atoms with van der Waals surface area (Å²) in [6.07, 6.45) is 0. The van der Waals surface area contributed by atoms with Gasteiger partial charge in [-0.25, -0.2) is 15.0 Å². The Kier molecular flexibility index (Phi) is 6.26. The molecule has 0 fully saturated rings. The zero-order valence-corrected chi connectivity index (χ0v) is 28.6. The lowest BCUT2D eigenvalue weighted by molar-refractivity contribution is 0.670. The van der Waals surface area contributed by atoms with Crippen LogP contribution in [0.1, 0.15) is 0 Å². The van der Waals surface area contributed by atoms with Crippen LogP contribution in [0.4, 0.5) is 0 Å². The Balaban J connectivity index is 1.11. The molecule has 0 aliphatic heterocycles. The summed E-state index contributed by atoms with van der Waals surface area (Å²) in [5, 5.41) is 7.05. The van der Waals surface area contributed by atoms with E-state index in [0.29, 0.717) is 17.5 Å². The van der Waals surface area contributed by atoms with Gasteiger partial charge in [0.2, 0.25) is 0 Å². The molecule has 0 atom stereocenters. The minimum absolute atomic E-state index is 0.653. The lowest BCUT2D eigenvalue weighted by Gasteiger charge is -2.10. The van der Waals surface area contributed by atoms with Gasteiger partial charge in [-0.2, -0.15) is 0 Å². The first-order valence-electron chi connectivity index (χ1n) is 16.9. The lowest BCUT2D eigenvalue weighted by Crippen LogP contribution is -2.00. The summed E-state index contributed by atoms with van der Waals surface area (Å²) < 4.78 is 11.4. The number of para-hydroxylation sites is 2. The van der Waals surface area contributed by atoms with Crippen LogP contribution in [0.15, 0.2) is 156 Å². The van der Waals surface area contributed by atoms with Crippen LogP contribution in [-0.2, 0) is 0 Å². The van der Waals surface area contributed by atoms with Crippen molar-refractivity contribution in [3.8, 4) is 45.3 Å². The molecule has 0 saturated heterocycles. The van der Waals surface area contributed by atoms with E-state index in [1.165, 1.54) is 45.9 Å². The van der Waals surface area contributed by atoms with E-state index >= 15 is 0 Å². The Morgan fingerprint density at radius 3 is 1.94 bits per heavy atom. The average Bonchev–Trinajstić information content (AvgIpc) is 3.89. The molecule has 4 nitrogen and oxygen atoms in total. The smallest absolute Gasteiger partial charge is 0.164 e. The minimum atomic E-state index is 0.653. The highest BCUT2D eigenvalue weighted by molar-refractivity contribution is 7.26. The Hall–Kier alpha value is -6.21. The van der Waals surface area contributed by atoms with E-state index in [2.05, 4.69) is 121 Å². The molecule has 0 radical (unpaired) electrons. The summed E-state index contributed by atoms with van der Waals surface area (Å²) in [4.78, 5) is 15.4. The fraction of sp³-hybridized carbons (Fsp3) is 0. The number of nitrogens with zero attached hydrogens (tertiary/aromatic N) is 3. The molecule has 11 aromatic rings. The van der Waals surface area contributed by atoms with Gasteiger partial charge in [-0.1, -0.05) is 115 Å². The fourth-order valence-corrected chi connectivity index (χ4v) is 9.75. The van der Waals surface area contributed by atoms with Gasteiger partial charge in [0.25, 0.3) is 0 Å². The molecule has 11 rings (SSSR count). The second kappa shape index (κ2) is 11.2. The fourth-order valence-electron chi connectivity index (χ4n) is 7.41. The normalized spacial score (nSPS) is 11.9. The third-order valence-corrected chi connectivity index (χ3v) is 12.1. The Labute approximate surface area is 299 Å². The summed E-state index contributed by atoms with van der Waals surface area (Å²) in [6, 6.07) is 53.1. The third-order valence-electron chi connectivity index (χ3n) is 9.76. The molecule has 0 aliphatic rings. The van der Waals surface area contributed by atoms with Crippen molar-refractivity contribution in [1.82, 2.24) is 15.0 Å². The van der Waals surface area contributed by atoms with Gasteiger partial charge in [-0.15, -0.1) is 22.7 Å². The maximum absolute atomic E-state index is 6.46. The molecule has 0 saturated carbocycles. The van der Waals surface area contributed by atoms with Gasteiger partial charge in [0.1, 0.15) is 11.2 Å². The highest BCUT2D eigenvalue weighted by Crippen LogP contribution is 2.45. The summed E-state index contributed by atoms with van der Waals surface area (Å²) in [7, 11) is 0. The van der Waals surface area contributed by atoms with E-state index in [1.807, 2.05) is 41.7 Å². The van der Waals surface area contributed by atoms with Crippen molar-refractivity contribution in [3.05, 3.63) is 152 Å². The van der Waals surface area contributed by atoms with Crippen LogP contribution in [0, 0.1) is 0 Å². The molecule has 4 heterocycles. The van der Waals surface area contributed by atoms with Gasteiger partial charge in [0.15, 0.2) is 17.5 Å². The Morgan fingerprint density at radius 2 is 1.04 bits per heavy atom. The van der Waals surface area contributed by atoms with Crippen molar-refractivity contribution in [2.45, 2.75) is 0 Å². The van der Waals surface area contributed by atoms with Crippen LogP contribution in [0.25, 0.3) is 108 Å². The number of fused-ring (bicyclic) bond motifs is 9. The summed E-state index contributed by atoms with van der Waals surface area (Å²) in [5.41, 5.74) is 7.02. The van der Waals surface area contributed by atoms with Crippen molar-refractivity contribution in [1.29, 1.82) is 0 Å². The van der Waals surface area contributed by atoms with Crippen LogP contribution in [0.3, 0.4) is 0 Å². The van der Waals surface area contributed by atoms with Crippen molar-refractivity contribution >= 4 is 85.0 Å². The summed E-state index contributed by atoms with van der Waals surface area (Å²) >= 11 is 3.61. The predicted octanol–water partition coefficient (Wildman–Crippen LogP) is 13.2. The van der Waals surface area contributed by atoms with Gasteiger partial charge < -0.3 is 4.42 Å². The van der Waals surface area contributed by atoms with Crippen LogP contribution in [-0.4, -0.2) is 15.0 Å². The van der Waals surface area contributed by atoms with Crippen LogP contribution < -0.4 is 0 Å². The largest absolute Gasteiger partial charge is 0.455 e. The van der Waals surface area contributed by atoms with E-state index in [1.54, 1.807) is 11.3 Å². The van der Waals surface area contributed by atoms with Gasteiger partial charge >= 0.3 is 0 Å². The second-order valence-electron chi connectivity index (χ2n) is 12.7. The Bertz CT molecular complexity index is 3160. The van der Waals surface area contributed by atoms with Crippen molar-refractivity contribution in [2.24, 2.45) is 0 Å². The summed E-state index contributed by atoms with van der Waals surface area (Å²) in [5.74, 6) is 1.98. The molecular formula is C45H25N3OS2. The number of hydrogen-bond donors (Lipinski definition) is 0. The minimum Gasteiger partial charge on any atom is -0.455 e. The molecule has 0 amide bonds. The van der Waals surface area contributed by atoms with Crippen molar-refractivity contribution in [3.63, 3.8) is 0 Å². The molecule has 0 unspecified atom stereocenters. The van der Waals surface area contributed by atoms with Gasteiger partial charge in [0, 0.05) is 78.9 Å². The molecule has 238 valence electrons. The number of rotatable bonds is 4. The van der Waals surface area contributed by atoms with E-state index in [-0.39, 0.29) is 0 Å². The first kappa shape index (κ1) is 28.6. The maximum atomic E-state index is 6.46. The third kappa shape index (κ3) is 4.47. The summed E-state index contributed by atoms with van der Waals surface area (Å²) in [6.45, 7) is 0. The molecule has 51 heavy (non-hydrogen) atoms. The quantitative estimate of drug-likeness (QED) is 0.185. The number of benzene rings is 7. The molecule has 0 N–H and O–H groups in total. The second-order valence-corrected chi connectivity index (χ2v) is 14.9. The van der Waals surface area contributed by atoms with E-state index in [4.69, 9.17) is 19.4 Å². The van der Waals surface area contributed by atoms with Gasteiger partial charge in [-0.3, -0.25) is 0 Å². The number of furan rings is 1. The monoisotopic (exact) mass is 687 g/mol. The maximum Gasteiger partial charge on any atom is 0.164 e. The topological polar surface area (TPSA) is 51.8 Å².